The van der Waals surface area contributed by atoms with Crippen molar-refractivity contribution in [1.82, 2.24) is 0 Å². The number of fused-ring (bicyclic) bond motifs is 1. The Morgan fingerprint density at radius 2 is 1.81 bits per heavy atom. The molecule has 0 saturated carbocycles. The monoisotopic (exact) mass is 224 g/mol. The highest BCUT2D eigenvalue weighted by atomic mass is 16.5. The SMILES string of the molecule is COc1cc2c(c(OC)c1OC)[C@H](C)OC2. The molecule has 1 aliphatic heterocycles. The molecule has 88 valence electrons. The van der Waals surface area contributed by atoms with Crippen LogP contribution in [0.1, 0.15) is 24.2 Å². The lowest BCUT2D eigenvalue weighted by Crippen LogP contribution is -2.00. The highest BCUT2D eigenvalue weighted by Crippen LogP contribution is 2.48. The van der Waals surface area contributed by atoms with Gasteiger partial charge in [0, 0.05) is 5.56 Å². The average molecular weight is 224 g/mol. The number of hydrogen-bond donors (Lipinski definition) is 0. The minimum Gasteiger partial charge on any atom is -0.493 e. The van der Waals surface area contributed by atoms with Crippen LogP contribution in [-0.2, 0) is 11.3 Å². The fourth-order valence-corrected chi connectivity index (χ4v) is 2.09. The number of methoxy groups -OCH3 is 3. The minimum atomic E-state index is 0.0322. The maximum Gasteiger partial charge on any atom is 0.203 e. The van der Waals surface area contributed by atoms with Gasteiger partial charge in [0.1, 0.15) is 0 Å². The molecule has 0 aliphatic carbocycles. The van der Waals surface area contributed by atoms with Crippen LogP contribution in [0.2, 0.25) is 0 Å². The Balaban J connectivity index is 2.65. The third-order valence-corrected chi connectivity index (χ3v) is 2.85. The van der Waals surface area contributed by atoms with E-state index in [1.165, 1.54) is 0 Å². The van der Waals surface area contributed by atoms with E-state index in [1.54, 1.807) is 21.3 Å². The van der Waals surface area contributed by atoms with Crippen molar-refractivity contribution in [1.29, 1.82) is 0 Å². The Bertz CT molecular complexity index is 400. The number of benzene rings is 1. The van der Waals surface area contributed by atoms with Gasteiger partial charge in [-0.2, -0.15) is 0 Å². The van der Waals surface area contributed by atoms with Crippen LogP contribution in [0.5, 0.6) is 17.2 Å². The Kier molecular flexibility index (Phi) is 2.92. The molecule has 0 amide bonds. The zero-order chi connectivity index (χ0) is 11.7. The summed E-state index contributed by atoms with van der Waals surface area (Å²) < 4.78 is 21.6. The normalized spacial score (nSPS) is 18.1. The molecule has 0 aromatic heterocycles. The Hall–Kier alpha value is -1.42. The topological polar surface area (TPSA) is 36.9 Å². The van der Waals surface area contributed by atoms with E-state index in [9.17, 15) is 0 Å². The molecule has 1 atom stereocenters. The van der Waals surface area contributed by atoms with Gasteiger partial charge in [-0.1, -0.05) is 0 Å². The molecule has 1 heterocycles. The molecule has 1 aliphatic rings. The third-order valence-electron chi connectivity index (χ3n) is 2.85. The molecule has 1 aromatic rings. The summed E-state index contributed by atoms with van der Waals surface area (Å²) in [6, 6.07) is 1.94. The first kappa shape index (κ1) is 11.1. The molecule has 0 bridgehead atoms. The van der Waals surface area contributed by atoms with Crippen molar-refractivity contribution in [2.75, 3.05) is 21.3 Å². The summed E-state index contributed by atoms with van der Waals surface area (Å²) in [5.74, 6) is 2.01. The first-order chi connectivity index (χ1) is 7.72. The molecule has 1 aromatic carbocycles. The first-order valence-electron chi connectivity index (χ1n) is 5.16. The van der Waals surface area contributed by atoms with E-state index >= 15 is 0 Å². The fourth-order valence-electron chi connectivity index (χ4n) is 2.09. The van der Waals surface area contributed by atoms with E-state index < -0.39 is 0 Å². The minimum absolute atomic E-state index is 0.0322. The van der Waals surface area contributed by atoms with Crippen LogP contribution in [-0.4, -0.2) is 21.3 Å². The summed E-state index contributed by atoms with van der Waals surface area (Å²) >= 11 is 0. The molecule has 0 spiro atoms. The van der Waals surface area contributed by atoms with E-state index in [-0.39, 0.29) is 6.10 Å². The summed E-state index contributed by atoms with van der Waals surface area (Å²) in [6.07, 6.45) is 0.0322. The largest absolute Gasteiger partial charge is 0.493 e. The predicted octanol–water partition coefficient (Wildman–Crippen LogP) is 2.30. The van der Waals surface area contributed by atoms with E-state index in [4.69, 9.17) is 18.9 Å². The maximum atomic E-state index is 5.57. The van der Waals surface area contributed by atoms with Gasteiger partial charge in [-0.05, 0) is 18.6 Å². The van der Waals surface area contributed by atoms with Gasteiger partial charge in [-0.25, -0.2) is 0 Å². The molecule has 0 unspecified atom stereocenters. The zero-order valence-electron chi connectivity index (χ0n) is 9.99. The van der Waals surface area contributed by atoms with E-state index in [1.807, 2.05) is 13.0 Å². The summed E-state index contributed by atoms with van der Waals surface area (Å²) in [6.45, 7) is 2.59. The zero-order valence-corrected chi connectivity index (χ0v) is 9.99. The van der Waals surface area contributed by atoms with Gasteiger partial charge in [0.15, 0.2) is 11.5 Å². The summed E-state index contributed by atoms with van der Waals surface area (Å²) in [5.41, 5.74) is 2.15. The Labute approximate surface area is 95.1 Å². The van der Waals surface area contributed by atoms with Crippen molar-refractivity contribution in [3.05, 3.63) is 17.2 Å². The van der Waals surface area contributed by atoms with Gasteiger partial charge in [0.25, 0.3) is 0 Å². The lowest BCUT2D eigenvalue weighted by Gasteiger charge is -2.16. The van der Waals surface area contributed by atoms with E-state index in [0.29, 0.717) is 23.9 Å². The molecular weight excluding hydrogens is 208 g/mol. The molecule has 0 saturated heterocycles. The Morgan fingerprint density at radius 1 is 1.12 bits per heavy atom. The van der Waals surface area contributed by atoms with Crippen LogP contribution in [0.15, 0.2) is 6.07 Å². The van der Waals surface area contributed by atoms with Crippen LogP contribution >= 0.6 is 0 Å². The number of rotatable bonds is 3. The van der Waals surface area contributed by atoms with Gasteiger partial charge in [-0.15, -0.1) is 0 Å². The maximum absolute atomic E-state index is 5.57. The van der Waals surface area contributed by atoms with Gasteiger partial charge in [0.05, 0.1) is 34.0 Å². The molecule has 16 heavy (non-hydrogen) atoms. The van der Waals surface area contributed by atoms with E-state index in [2.05, 4.69) is 0 Å². The highest BCUT2D eigenvalue weighted by Gasteiger charge is 2.28. The molecule has 0 fully saturated rings. The van der Waals surface area contributed by atoms with Crippen molar-refractivity contribution in [2.24, 2.45) is 0 Å². The molecular formula is C12H16O4. The van der Waals surface area contributed by atoms with Crippen LogP contribution in [0.4, 0.5) is 0 Å². The van der Waals surface area contributed by atoms with Gasteiger partial charge >= 0.3 is 0 Å². The molecule has 4 nitrogen and oxygen atoms in total. The van der Waals surface area contributed by atoms with Gasteiger partial charge in [0.2, 0.25) is 5.75 Å². The summed E-state index contributed by atoms with van der Waals surface area (Å²) in [7, 11) is 4.85. The second-order valence-electron chi connectivity index (χ2n) is 3.67. The lowest BCUT2D eigenvalue weighted by molar-refractivity contribution is 0.0784. The van der Waals surface area contributed by atoms with Crippen molar-refractivity contribution in [3.63, 3.8) is 0 Å². The molecule has 0 N–H and O–H groups in total. The Morgan fingerprint density at radius 3 is 2.38 bits per heavy atom. The quantitative estimate of drug-likeness (QED) is 0.789. The summed E-state index contributed by atoms with van der Waals surface area (Å²) in [5, 5.41) is 0. The van der Waals surface area contributed by atoms with Crippen LogP contribution in [0.3, 0.4) is 0 Å². The van der Waals surface area contributed by atoms with Gasteiger partial charge < -0.3 is 18.9 Å². The van der Waals surface area contributed by atoms with Crippen LogP contribution in [0, 0.1) is 0 Å². The second kappa shape index (κ2) is 4.22. The summed E-state index contributed by atoms with van der Waals surface area (Å²) in [4.78, 5) is 0. The average Bonchev–Trinajstić information content (AvgIpc) is 2.68. The van der Waals surface area contributed by atoms with Gasteiger partial charge in [-0.3, -0.25) is 0 Å². The van der Waals surface area contributed by atoms with Crippen molar-refractivity contribution >= 4 is 0 Å². The molecule has 2 rings (SSSR count). The number of hydrogen-bond acceptors (Lipinski definition) is 4. The van der Waals surface area contributed by atoms with Crippen molar-refractivity contribution in [3.8, 4) is 17.2 Å². The van der Waals surface area contributed by atoms with Crippen molar-refractivity contribution < 1.29 is 18.9 Å². The third kappa shape index (κ3) is 1.50. The molecule has 4 heteroatoms. The number of ether oxygens (including phenoxy) is 4. The lowest BCUT2D eigenvalue weighted by atomic mass is 10.0. The fraction of sp³-hybridized carbons (Fsp3) is 0.500. The second-order valence-corrected chi connectivity index (χ2v) is 3.67. The standard InChI is InChI=1S/C12H16O4/c1-7-10-8(6-16-7)5-9(13-2)11(14-3)12(10)15-4/h5,7H,6H2,1-4H3/t7-/m0/s1. The smallest absolute Gasteiger partial charge is 0.203 e. The highest BCUT2D eigenvalue weighted by molar-refractivity contribution is 5.60. The van der Waals surface area contributed by atoms with Crippen LogP contribution in [0.25, 0.3) is 0 Å². The van der Waals surface area contributed by atoms with Crippen molar-refractivity contribution in [2.45, 2.75) is 19.6 Å². The molecule has 0 radical (unpaired) electrons. The predicted molar refractivity (Wildman–Crippen MR) is 59.3 cm³/mol. The van der Waals surface area contributed by atoms with Crippen LogP contribution < -0.4 is 14.2 Å². The van der Waals surface area contributed by atoms with E-state index in [0.717, 1.165) is 11.1 Å². The first-order valence-corrected chi connectivity index (χ1v) is 5.16.